The number of likely N-dealkylation sites (tertiary alicyclic amines) is 1. The molecule has 2 aromatic rings. The molecule has 2 heterocycles. The number of amides is 4. The number of Topliss-reactive ketones (excluding diaryl/α,β-unsaturated/α-hetero) is 1. The topological polar surface area (TPSA) is 170 Å². The quantitative estimate of drug-likeness (QED) is 0.259. The number of halogens is 1. The maximum atomic E-state index is 14.7. The molecule has 1 unspecified atom stereocenters. The fourth-order valence-electron chi connectivity index (χ4n) is 6.70. The van der Waals surface area contributed by atoms with Crippen LogP contribution in [0.2, 0.25) is 5.02 Å². The van der Waals surface area contributed by atoms with Crippen molar-refractivity contribution in [1.29, 1.82) is 5.26 Å². The minimum atomic E-state index is -1.50. The van der Waals surface area contributed by atoms with Gasteiger partial charge in [0.1, 0.15) is 17.5 Å². The Morgan fingerprint density at radius 2 is 1.77 bits per heavy atom. The Morgan fingerprint density at radius 1 is 1.06 bits per heavy atom. The molecule has 1 saturated carbocycles. The Balaban J connectivity index is 1.43. The van der Waals surface area contributed by atoms with Gasteiger partial charge < -0.3 is 25.7 Å². The molecule has 0 aromatic heterocycles. The normalized spacial score (nSPS) is 21.9. The van der Waals surface area contributed by atoms with Crippen molar-refractivity contribution in [2.24, 2.45) is 16.0 Å². The average Bonchev–Trinajstić information content (AvgIpc) is 3.70. The van der Waals surface area contributed by atoms with Gasteiger partial charge in [-0.3, -0.25) is 24.0 Å². The fraction of sp³-hybridized carbons (Fsp3) is 0.513. The van der Waals surface area contributed by atoms with Crippen molar-refractivity contribution in [2.75, 3.05) is 6.54 Å². The lowest BCUT2D eigenvalue weighted by Gasteiger charge is -2.37. The van der Waals surface area contributed by atoms with Crippen LogP contribution >= 0.6 is 11.6 Å². The zero-order valence-corrected chi connectivity index (χ0v) is 31.1. The predicted octanol–water partition coefficient (Wildman–Crippen LogP) is 4.24. The van der Waals surface area contributed by atoms with Crippen molar-refractivity contribution >= 4 is 46.7 Å². The highest BCUT2D eigenvalue weighted by molar-refractivity contribution is 6.38. The number of carbonyl (C=O) groups is 5. The molecule has 1 spiro atoms. The van der Waals surface area contributed by atoms with Gasteiger partial charge >= 0.3 is 0 Å². The number of ketones is 1. The Bertz CT molecular complexity index is 1780. The summed E-state index contributed by atoms with van der Waals surface area (Å²) in [6.07, 6.45) is 2.76. The number of oxime groups is 1. The maximum absolute atomic E-state index is 14.7. The number of nitrogens with one attached hydrogen (secondary N) is 3. The second kappa shape index (κ2) is 15.5. The molecule has 0 bridgehead atoms. The van der Waals surface area contributed by atoms with E-state index in [1.54, 1.807) is 39.0 Å². The van der Waals surface area contributed by atoms with Gasteiger partial charge in [-0.25, -0.2) is 0 Å². The minimum Gasteiger partial charge on any atom is -0.387 e. The summed E-state index contributed by atoms with van der Waals surface area (Å²) >= 11 is 6.25. The zero-order chi connectivity index (χ0) is 37.8. The number of hydrogen-bond donors (Lipinski definition) is 3. The van der Waals surface area contributed by atoms with E-state index in [4.69, 9.17) is 16.4 Å². The summed E-state index contributed by atoms with van der Waals surface area (Å²) in [5.41, 5.74) is -1.33. The van der Waals surface area contributed by atoms with E-state index in [1.165, 1.54) is 11.8 Å². The van der Waals surface area contributed by atoms with Crippen molar-refractivity contribution in [2.45, 2.75) is 109 Å². The van der Waals surface area contributed by atoms with Crippen LogP contribution in [0.1, 0.15) is 84.3 Å². The number of nitriles is 1. The molecular weight excluding hydrogens is 684 g/mol. The predicted molar refractivity (Wildman–Crippen MR) is 195 cm³/mol. The SMILES string of the molecule is CCC[C@H](NC(=O)[C@@H]1C[C@]2(CC(c3cccc(Cl)c3)=NO2)CN1C(=O)[C@@H](NC(=O)C(C)(C#N)Cc1ccccc1)C(C)(C)C)C(=O)C(=O)NC1CC1. The molecular formula is C39H47ClN6O6. The summed E-state index contributed by atoms with van der Waals surface area (Å²) in [5, 5.41) is 23.4. The van der Waals surface area contributed by atoms with Crippen molar-refractivity contribution in [3.63, 3.8) is 0 Å². The fourth-order valence-corrected chi connectivity index (χ4v) is 6.89. The first-order chi connectivity index (χ1) is 24.6. The summed E-state index contributed by atoms with van der Waals surface area (Å²) in [7, 11) is 0. The smallest absolute Gasteiger partial charge is 0.289 e. The zero-order valence-electron chi connectivity index (χ0n) is 30.3. The van der Waals surface area contributed by atoms with Crippen LogP contribution in [0.3, 0.4) is 0 Å². The molecule has 3 N–H and O–H groups in total. The van der Waals surface area contributed by atoms with Gasteiger partial charge in [-0.2, -0.15) is 5.26 Å². The van der Waals surface area contributed by atoms with E-state index < -0.39 is 64.0 Å². The van der Waals surface area contributed by atoms with E-state index in [-0.39, 0.29) is 38.3 Å². The molecule has 2 fully saturated rings. The Labute approximate surface area is 309 Å². The molecule has 1 saturated heterocycles. The van der Waals surface area contributed by atoms with Crippen LogP contribution < -0.4 is 16.0 Å². The van der Waals surface area contributed by atoms with Gasteiger partial charge in [-0.05, 0) is 55.7 Å². The van der Waals surface area contributed by atoms with Crippen LogP contribution in [0.4, 0.5) is 0 Å². The third kappa shape index (κ3) is 8.81. The van der Waals surface area contributed by atoms with E-state index in [0.717, 1.165) is 24.0 Å². The molecule has 5 atom stereocenters. The van der Waals surface area contributed by atoms with E-state index in [9.17, 15) is 29.2 Å². The maximum Gasteiger partial charge on any atom is 0.289 e. The number of hydrogen-bond acceptors (Lipinski definition) is 8. The molecule has 276 valence electrons. The second-order valence-electron chi connectivity index (χ2n) is 15.5. The monoisotopic (exact) mass is 730 g/mol. The average molecular weight is 731 g/mol. The molecule has 12 nitrogen and oxygen atoms in total. The van der Waals surface area contributed by atoms with Crippen LogP contribution in [0.25, 0.3) is 0 Å². The molecule has 5 rings (SSSR count). The summed E-state index contributed by atoms with van der Waals surface area (Å²) < 4.78 is 0. The molecule has 0 radical (unpaired) electrons. The van der Waals surface area contributed by atoms with Gasteiger partial charge in [0.2, 0.25) is 23.5 Å². The number of benzene rings is 2. The molecule has 2 aliphatic heterocycles. The highest BCUT2D eigenvalue weighted by atomic mass is 35.5. The number of nitrogens with zero attached hydrogens (tertiary/aromatic N) is 3. The minimum absolute atomic E-state index is 0.0359. The first kappa shape index (κ1) is 38.5. The van der Waals surface area contributed by atoms with Gasteiger partial charge in [0.25, 0.3) is 5.91 Å². The first-order valence-electron chi connectivity index (χ1n) is 17.8. The number of carbonyl (C=O) groups excluding carboxylic acids is 5. The summed E-state index contributed by atoms with van der Waals surface area (Å²) in [6.45, 7) is 8.70. The third-order valence-electron chi connectivity index (χ3n) is 9.87. The van der Waals surface area contributed by atoms with Crippen molar-refractivity contribution in [1.82, 2.24) is 20.9 Å². The molecule has 1 aliphatic carbocycles. The van der Waals surface area contributed by atoms with Crippen LogP contribution in [-0.2, 0) is 35.2 Å². The largest absolute Gasteiger partial charge is 0.387 e. The Morgan fingerprint density at radius 3 is 2.38 bits per heavy atom. The van der Waals surface area contributed by atoms with Gasteiger partial charge in [-0.15, -0.1) is 0 Å². The summed E-state index contributed by atoms with van der Waals surface area (Å²) in [6, 6.07) is 15.0. The lowest BCUT2D eigenvalue weighted by Crippen LogP contribution is -2.60. The molecule has 2 aromatic carbocycles. The highest BCUT2D eigenvalue weighted by Crippen LogP contribution is 2.40. The van der Waals surface area contributed by atoms with Crippen LogP contribution in [0.15, 0.2) is 59.8 Å². The summed E-state index contributed by atoms with van der Waals surface area (Å²) in [5.74, 6) is -3.29. The van der Waals surface area contributed by atoms with Crippen molar-refractivity contribution in [3.05, 3.63) is 70.7 Å². The Hall–Kier alpha value is -4.76. The van der Waals surface area contributed by atoms with E-state index in [2.05, 4.69) is 27.2 Å². The van der Waals surface area contributed by atoms with Crippen molar-refractivity contribution in [3.8, 4) is 6.07 Å². The highest BCUT2D eigenvalue weighted by Gasteiger charge is 2.56. The van der Waals surface area contributed by atoms with E-state index >= 15 is 0 Å². The molecule has 13 heteroatoms. The molecule has 3 aliphatic rings. The Kier molecular flexibility index (Phi) is 11.4. The van der Waals surface area contributed by atoms with Gasteiger partial charge in [0.15, 0.2) is 5.60 Å². The third-order valence-corrected chi connectivity index (χ3v) is 10.1. The molecule has 4 amide bonds. The van der Waals surface area contributed by atoms with E-state index in [1.807, 2.05) is 43.3 Å². The van der Waals surface area contributed by atoms with Crippen LogP contribution in [-0.4, -0.2) is 76.3 Å². The number of rotatable bonds is 13. The lowest BCUT2D eigenvalue weighted by molar-refractivity contribution is -0.146. The van der Waals surface area contributed by atoms with Gasteiger partial charge in [0.05, 0.1) is 24.4 Å². The van der Waals surface area contributed by atoms with E-state index in [0.29, 0.717) is 17.2 Å². The second-order valence-corrected chi connectivity index (χ2v) is 16.0. The van der Waals surface area contributed by atoms with Crippen LogP contribution in [0.5, 0.6) is 0 Å². The van der Waals surface area contributed by atoms with Crippen molar-refractivity contribution < 1.29 is 28.8 Å². The first-order valence-corrected chi connectivity index (χ1v) is 18.2. The van der Waals surface area contributed by atoms with Gasteiger partial charge in [0, 0.05) is 29.5 Å². The molecule has 52 heavy (non-hydrogen) atoms. The van der Waals surface area contributed by atoms with Gasteiger partial charge in [-0.1, -0.05) is 93.3 Å². The standard InChI is InChI=1S/C39H47ClN6O6/c1-6-11-28(31(47)34(49)42-27-16-17-27)43-33(48)30-21-39(20-29(45-52-39)25-14-10-15-26(40)18-25)23-46(30)35(50)32(37(2,3)4)44-36(51)38(5,22-41)19-24-12-8-7-9-13-24/h7-10,12-15,18,27-28,30,32H,6,11,16-17,19-21,23H2,1-5H3,(H,42,49)(H,43,48)(H,44,51)/t28-,30-,32+,38?,39+/m0/s1. The van der Waals surface area contributed by atoms with Crippen LogP contribution in [0, 0.1) is 22.2 Å². The summed E-state index contributed by atoms with van der Waals surface area (Å²) in [4.78, 5) is 76.2. The lowest BCUT2D eigenvalue weighted by atomic mass is 9.81.